The molecule has 0 amide bonds. The van der Waals surface area contributed by atoms with E-state index in [1.54, 1.807) is 0 Å². The number of unbranched alkanes of at least 4 members (excludes halogenated alkanes) is 1. The standard InChI is InChI=1S/C9H16O4Si/c1-3-4-7-12-8(10)5-6-9(11)13-14-2/h5-6H,3-4,7,14H2,1-2H3/b6-5+. The molecule has 5 heteroatoms. The zero-order valence-corrected chi connectivity index (χ0v) is 10.0. The van der Waals surface area contributed by atoms with Gasteiger partial charge in [-0.25, -0.2) is 9.59 Å². The molecule has 0 unspecified atom stereocenters. The molecule has 0 spiro atoms. The van der Waals surface area contributed by atoms with Crippen LogP contribution in [0.15, 0.2) is 12.2 Å². The van der Waals surface area contributed by atoms with Crippen molar-refractivity contribution in [3.63, 3.8) is 0 Å². The summed E-state index contributed by atoms with van der Waals surface area (Å²) < 4.78 is 9.51. The first kappa shape index (κ1) is 12.9. The summed E-state index contributed by atoms with van der Waals surface area (Å²) in [5, 5.41) is 0. The molecule has 80 valence electrons. The van der Waals surface area contributed by atoms with Crippen molar-refractivity contribution in [2.45, 2.75) is 26.3 Å². The fraction of sp³-hybridized carbons (Fsp3) is 0.556. The van der Waals surface area contributed by atoms with Crippen molar-refractivity contribution in [2.24, 2.45) is 0 Å². The molecule has 0 aromatic heterocycles. The van der Waals surface area contributed by atoms with Gasteiger partial charge in [-0.1, -0.05) is 13.3 Å². The Morgan fingerprint density at radius 2 is 1.93 bits per heavy atom. The summed E-state index contributed by atoms with van der Waals surface area (Å²) in [5.74, 6) is -0.959. The second kappa shape index (κ2) is 8.49. The van der Waals surface area contributed by atoms with Crippen LogP contribution in [0.1, 0.15) is 19.8 Å². The van der Waals surface area contributed by atoms with Gasteiger partial charge < -0.3 is 9.16 Å². The number of carbonyl (C=O) groups is 2. The number of rotatable bonds is 6. The SMILES string of the molecule is CCCCOC(=O)/C=C/C(=O)O[SiH2]C. The van der Waals surface area contributed by atoms with Crippen LogP contribution in [0.25, 0.3) is 0 Å². The molecule has 0 aliphatic heterocycles. The summed E-state index contributed by atoms with van der Waals surface area (Å²) in [7, 11) is -0.751. The molecule has 0 aliphatic carbocycles. The Balaban J connectivity index is 3.64. The van der Waals surface area contributed by atoms with Crippen molar-refractivity contribution >= 4 is 21.7 Å². The summed E-state index contributed by atoms with van der Waals surface area (Å²) in [6.07, 6.45) is 4.01. The highest BCUT2D eigenvalue weighted by Gasteiger charge is 1.98. The maximum absolute atomic E-state index is 10.9. The van der Waals surface area contributed by atoms with Crippen molar-refractivity contribution in [1.82, 2.24) is 0 Å². The van der Waals surface area contributed by atoms with Gasteiger partial charge in [-0.05, 0) is 13.0 Å². The van der Waals surface area contributed by atoms with E-state index in [1.807, 2.05) is 13.5 Å². The molecular weight excluding hydrogens is 200 g/mol. The number of ether oxygens (including phenoxy) is 1. The zero-order valence-electron chi connectivity index (χ0n) is 8.62. The topological polar surface area (TPSA) is 52.6 Å². The van der Waals surface area contributed by atoms with Crippen LogP contribution in [-0.2, 0) is 18.8 Å². The van der Waals surface area contributed by atoms with E-state index in [1.165, 1.54) is 0 Å². The molecule has 0 bridgehead atoms. The molecule has 0 atom stereocenters. The summed E-state index contributed by atoms with van der Waals surface area (Å²) in [6, 6.07) is 0. The van der Waals surface area contributed by atoms with E-state index in [2.05, 4.69) is 0 Å². The fourth-order valence-corrected chi connectivity index (χ4v) is 1.07. The van der Waals surface area contributed by atoms with Crippen LogP contribution in [0.4, 0.5) is 0 Å². The third-order valence-corrected chi connectivity index (χ3v) is 1.96. The van der Waals surface area contributed by atoms with E-state index >= 15 is 0 Å². The first-order valence-corrected chi connectivity index (χ1v) is 6.71. The van der Waals surface area contributed by atoms with E-state index in [0.29, 0.717) is 6.61 Å². The summed E-state index contributed by atoms with van der Waals surface area (Å²) in [6.45, 7) is 4.25. The van der Waals surface area contributed by atoms with Crippen LogP contribution in [0.5, 0.6) is 0 Å². The van der Waals surface area contributed by atoms with Gasteiger partial charge in [0, 0.05) is 12.2 Å². The minimum absolute atomic E-state index is 0.400. The lowest BCUT2D eigenvalue weighted by Gasteiger charge is -1.99. The first-order chi connectivity index (χ1) is 6.70. The van der Waals surface area contributed by atoms with Gasteiger partial charge in [0.15, 0.2) is 0 Å². The normalized spacial score (nSPS) is 11.0. The lowest BCUT2D eigenvalue weighted by molar-refractivity contribution is -0.138. The average Bonchev–Trinajstić information content (AvgIpc) is 2.16. The van der Waals surface area contributed by atoms with E-state index in [4.69, 9.17) is 9.16 Å². The summed E-state index contributed by atoms with van der Waals surface area (Å²) in [4.78, 5) is 21.7. The van der Waals surface area contributed by atoms with Crippen molar-refractivity contribution in [2.75, 3.05) is 6.61 Å². The number of hydrogen-bond acceptors (Lipinski definition) is 4. The van der Waals surface area contributed by atoms with Crippen LogP contribution in [0, 0.1) is 0 Å². The highest BCUT2D eigenvalue weighted by molar-refractivity contribution is 6.29. The van der Waals surface area contributed by atoms with Crippen LogP contribution in [0.2, 0.25) is 6.55 Å². The Bertz CT molecular complexity index is 213. The van der Waals surface area contributed by atoms with Crippen molar-refractivity contribution in [3.05, 3.63) is 12.2 Å². The van der Waals surface area contributed by atoms with E-state index in [-0.39, 0.29) is 0 Å². The first-order valence-electron chi connectivity index (χ1n) is 4.72. The smallest absolute Gasteiger partial charge is 0.331 e. The largest absolute Gasteiger partial charge is 0.522 e. The predicted molar refractivity (Wildman–Crippen MR) is 55.5 cm³/mol. The second-order valence-corrected chi connectivity index (χ2v) is 3.47. The van der Waals surface area contributed by atoms with Crippen molar-refractivity contribution in [3.8, 4) is 0 Å². The molecule has 0 aromatic carbocycles. The lowest BCUT2D eigenvalue weighted by atomic mass is 10.4. The van der Waals surface area contributed by atoms with Crippen LogP contribution >= 0.6 is 0 Å². The van der Waals surface area contributed by atoms with Gasteiger partial charge >= 0.3 is 11.9 Å². The Kier molecular flexibility index (Phi) is 7.82. The van der Waals surface area contributed by atoms with E-state index in [9.17, 15) is 9.59 Å². The highest BCUT2D eigenvalue weighted by atomic mass is 28.2. The molecule has 0 rings (SSSR count). The van der Waals surface area contributed by atoms with E-state index in [0.717, 1.165) is 25.0 Å². The van der Waals surface area contributed by atoms with Gasteiger partial charge in [0.25, 0.3) is 0 Å². The third-order valence-electron chi connectivity index (χ3n) is 1.38. The Morgan fingerprint density at radius 1 is 1.29 bits per heavy atom. The second-order valence-electron chi connectivity index (χ2n) is 2.61. The predicted octanol–water partition coefficient (Wildman–Crippen LogP) is 0.561. The summed E-state index contributed by atoms with van der Waals surface area (Å²) in [5.41, 5.74) is 0. The monoisotopic (exact) mass is 216 g/mol. The molecule has 0 saturated heterocycles. The maximum atomic E-state index is 10.9. The van der Waals surface area contributed by atoms with Crippen LogP contribution < -0.4 is 0 Å². The van der Waals surface area contributed by atoms with Gasteiger partial charge in [0.1, 0.15) is 0 Å². The molecule has 0 aromatic rings. The van der Waals surface area contributed by atoms with Crippen LogP contribution in [0.3, 0.4) is 0 Å². The Labute approximate surface area is 86.2 Å². The molecule has 0 saturated carbocycles. The Hall–Kier alpha value is -1.10. The molecule has 0 aliphatic rings. The Morgan fingerprint density at radius 3 is 2.50 bits per heavy atom. The zero-order chi connectivity index (χ0) is 10.8. The summed E-state index contributed by atoms with van der Waals surface area (Å²) >= 11 is 0. The van der Waals surface area contributed by atoms with Gasteiger partial charge in [-0.3, -0.25) is 0 Å². The van der Waals surface area contributed by atoms with Gasteiger partial charge in [-0.2, -0.15) is 0 Å². The fourth-order valence-electron chi connectivity index (χ4n) is 0.692. The van der Waals surface area contributed by atoms with Gasteiger partial charge in [0.05, 0.1) is 6.61 Å². The molecule has 4 nitrogen and oxygen atoms in total. The molecule has 14 heavy (non-hydrogen) atoms. The van der Waals surface area contributed by atoms with Crippen LogP contribution in [-0.4, -0.2) is 28.3 Å². The third kappa shape index (κ3) is 7.54. The van der Waals surface area contributed by atoms with Gasteiger partial charge in [0.2, 0.25) is 9.76 Å². The van der Waals surface area contributed by atoms with Crippen molar-refractivity contribution < 1.29 is 18.8 Å². The minimum Gasteiger partial charge on any atom is -0.522 e. The minimum atomic E-state index is -0.751. The molecular formula is C9H16O4Si. The number of carbonyl (C=O) groups excluding carboxylic acids is 2. The molecule has 0 heterocycles. The highest BCUT2D eigenvalue weighted by Crippen LogP contribution is 1.90. The molecule has 0 radical (unpaired) electrons. The average molecular weight is 216 g/mol. The number of hydrogen-bond donors (Lipinski definition) is 0. The molecule has 0 fully saturated rings. The van der Waals surface area contributed by atoms with Crippen molar-refractivity contribution in [1.29, 1.82) is 0 Å². The quantitative estimate of drug-likeness (QED) is 0.282. The van der Waals surface area contributed by atoms with Gasteiger partial charge in [-0.15, -0.1) is 0 Å². The maximum Gasteiger partial charge on any atom is 0.331 e. The van der Waals surface area contributed by atoms with E-state index < -0.39 is 21.7 Å². The number of esters is 1. The molecule has 0 N–H and O–H groups in total. The lowest BCUT2D eigenvalue weighted by Crippen LogP contribution is -2.05.